The van der Waals surface area contributed by atoms with E-state index in [2.05, 4.69) is 22.3 Å². The normalized spacial score (nSPS) is 12.6. The summed E-state index contributed by atoms with van der Waals surface area (Å²) in [5.41, 5.74) is 2.19. The van der Waals surface area contributed by atoms with Crippen molar-refractivity contribution in [2.45, 2.75) is 6.10 Å². The van der Waals surface area contributed by atoms with Crippen LogP contribution in [-0.2, 0) is 0 Å². The van der Waals surface area contributed by atoms with Crippen LogP contribution in [-0.4, -0.2) is 57.4 Å². The molecule has 0 spiro atoms. The molecule has 0 saturated carbocycles. The van der Waals surface area contributed by atoms with Crippen LogP contribution < -0.4 is 10.2 Å². The van der Waals surface area contributed by atoms with Crippen LogP contribution in [0.25, 0.3) is 0 Å². The third kappa shape index (κ3) is 5.06. The molecule has 17 heavy (non-hydrogen) atoms. The highest BCUT2D eigenvalue weighted by atomic mass is 16.3. The molecule has 0 amide bonds. The first-order valence-corrected chi connectivity index (χ1v) is 5.83. The van der Waals surface area contributed by atoms with Crippen molar-refractivity contribution in [2.75, 3.05) is 51.5 Å². The van der Waals surface area contributed by atoms with Crippen LogP contribution in [0.5, 0.6) is 0 Å². The molecule has 1 rings (SSSR count). The molecule has 0 aliphatic heterocycles. The molecule has 0 aromatic heterocycles. The Labute approximate surface area is 104 Å². The first-order chi connectivity index (χ1) is 7.99. The molecule has 0 radical (unpaired) electrons. The summed E-state index contributed by atoms with van der Waals surface area (Å²) in [5, 5.41) is 13.0. The Bertz CT molecular complexity index is 339. The third-order valence-corrected chi connectivity index (χ3v) is 2.48. The smallest absolute Gasteiger partial charge is 0.0838 e. The molecular weight excluding hydrogens is 214 g/mol. The van der Waals surface area contributed by atoms with E-state index in [1.165, 1.54) is 0 Å². The van der Waals surface area contributed by atoms with Crippen molar-refractivity contribution < 1.29 is 5.11 Å². The van der Waals surface area contributed by atoms with Gasteiger partial charge in [-0.05, 0) is 32.3 Å². The van der Waals surface area contributed by atoms with Gasteiger partial charge in [0.1, 0.15) is 0 Å². The number of anilines is 2. The lowest BCUT2D eigenvalue weighted by molar-refractivity contribution is 0.148. The molecule has 1 aromatic rings. The highest BCUT2D eigenvalue weighted by Gasteiger charge is 2.05. The number of aliphatic hydroxyl groups is 1. The van der Waals surface area contributed by atoms with Gasteiger partial charge in [-0.2, -0.15) is 0 Å². The Morgan fingerprint density at radius 1 is 1.24 bits per heavy atom. The number of hydrogen-bond acceptors (Lipinski definition) is 4. The fourth-order valence-electron chi connectivity index (χ4n) is 1.62. The quantitative estimate of drug-likeness (QED) is 0.777. The van der Waals surface area contributed by atoms with Gasteiger partial charge in [-0.25, -0.2) is 0 Å². The second-order valence-corrected chi connectivity index (χ2v) is 4.74. The van der Waals surface area contributed by atoms with Gasteiger partial charge in [-0.3, -0.25) is 0 Å². The molecule has 1 atom stereocenters. The van der Waals surface area contributed by atoms with Crippen LogP contribution in [0, 0.1) is 0 Å². The molecule has 0 heterocycles. The topological polar surface area (TPSA) is 38.7 Å². The van der Waals surface area contributed by atoms with Crippen LogP contribution in [0.3, 0.4) is 0 Å². The standard InChI is InChI=1S/C13H23N3O/c1-15(2)10-13(17)9-14-11-6-5-7-12(8-11)16(3)4/h5-8,13-14,17H,9-10H2,1-4H3. The van der Waals surface area contributed by atoms with Crippen molar-refractivity contribution in [1.82, 2.24) is 4.90 Å². The minimum atomic E-state index is -0.354. The highest BCUT2D eigenvalue weighted by molar-refractivity contribution is 5.57. The first kappa shape index (κ1) is 13.8. The number of nitrogens with zero attached hydrogens (tertiary/aromatic N) is 2. The van der Waals surface area contributed by atoms with Gasteiger partial charge in [-0.15, -0.1) is 0 Å². The van der Waals surface area contributed by atoms with E-state index in [4.69, 9.17) is 0 Å². The van der Waals surface area contributed by atoms with Gasteiger partial charge < -0.3 is 20.2 Å². The Hall–Kier alpha value is -1.26. The van der Waals surface area contributed by atoms with E-state index in [-0.39, 0.29) is 6.10 Å². The molecule has 0 bridgehead atoms. The van der Waals surface area contributed by atoms with Gasteiger partial charge in [0.15, 0.2) is 0 Å². The van der Waals surface area contributed by atoms with Gasteiger partial charge in [-0.1, -0.05) is 6.07 Å². The molecule has 0 fully saturated rings. The summed E-state index contributed by atoms with van der Waals surface area (Å²) in [6.45, 7) is 1.23. The molecule has 0 aliphatic rings. The molecule has 96 valence electrons. The van der Waals surface area contributed by atoms with Crippen molar-refractivity contribution in [3.63, 3.8) is 0 Å². The number of benzene rings is 1. The molecule has 1 aromatic carbocycles. The van der Waals surface area contributed by atoms with E-state index in [0.717, 1.165) is 11.4 Å². The van der Waals surface area contributed by atoms with E-state index >= 15 is 0 Å². The van der Waals surface area contributed by atoms with E-state index in [1.54, 1.807) is 0 Å². The van der Waals surface area contributed by atoms with Crippen LogP contribution in [0.4, 0.5) is 11.4 Å². The fraction of sp³-hybridized carbons (Fsp3) is 0.538. The molecule has 0 aliphatic carbocycles. The number of hydrogen-bond donors (Lipinski definition) is 2. The maximum atomic E-state index is 9.74. The lowest BCUT2D eigenvalue weighted by atomic mass is 10.2. The minimum Gasteiger partial charge on any atom is -0.390 e. The maximum absolute atomic E-state index is 9.74. The Morgan fingerprint density at radius 2 is 1.94 bits per heavy atom. The van der Waals surface area contributed by atoms with Crippen LogP contribution in [0.1, 0.15) is 0 Å². The second-order valence-electron chi connectivity index (χ2n) is 4.74. The minimum absolute atomic E-state index is 0.354. The number of likely N-dealkylation sites (N-methyl/N-ethyl adjacent to an activating group) is 1. The van der Waals surface area contributed by atoms with Crippen LogP contribution in [0.15, 0.2) is 24.3 Å². The van der Waals surface area contributed by atoms with Crippen molar-refractivity contribution in [3.8, 4) is 0 Å². The third-order valence-electron chi connectivity index (χ3n) is 2.48. The van der Waals surface area contributed by atoms with Crippen molar-refractivity contribution in [3.05, 3.63) is 24.3 Å². The molecule has 4 heteroatoms. The zero-order valence-electron chi connectivity index (χ0n) is 11.1. The molecule has 1 unspecified atom stereocenters. The zero-order chi connectivity index (χ0) is 12.8. The number of aliphatic hydroxyl groups excluding tert-OH is 1. The van der Waals surface area contributed by atoms with Crippen LogP contribution in [0.2, 0.25) is 0 Å². The molecule has 0 saturated heterocycles. The summed E-state index contributed by atoms with van der Waals surface area (Å²) in [4.78, 5) is 4.03. The second kappa shape index (κ2) is 6.47. The van der Waals surface area contributed by atoms with E-state index in [1.807, 2.05) is 45.2 Å². The van der Waals surface area contributed by atoms with E-state index < -0.39 is 0 Å². The van der Waals surface area contributed by atoms with Gasteiger partial charge in [0.2, 0.25) is 0 Å². The average molecular weight is 237 g/mol. The molecule has 4 nitrogen and oxygen atoms in total. The summed E-state index contributed by atoms with van der Waals surface area (Å²) >= 11 is 0. The monoisotopic (exact) mass is 237 g/mol. The Balaban J connectivity index is 2.49. The summed E-state index contributed by atoms with van der Waals surface area (Å²) in [7, 11) is 7.94. The first-order valence-electron chi connectivity index (χ1n) is 5.83. The maximum Gasteiger partial charge on any atom is 0.0838 e. The van der Waals surface area contributed by atoms with Gasteiger partial charge in [0.25, 0.3) is 0 Å². The summed E-state index contributed by atoms with van der Waals surface area (Å²) in [5.74, 6) is 0. The summed E-state index contributed by atoms with van der Waals surface area (Å²) in [6, 6.07) is 8.15. The van der Waals surface area contributed by atoms with E-state index in [9.17, 15) is 5.11 Å². The SMILES string of the molecule is CN(C)CC(O)CNc1cccc(N(C)C)c1. The largest absolute Gasteiger partial charge is 0.390 e. The lowest BCUT2D eigenvalue weighted by Gasteiger charge is -2.18. The van der Waals surface area contributed by atoms with E-state index in [0.29, 0.717) is 13.1 Å². The van der Waals surface area contributed by atoms with Gasteiger partial charge in [0, 0.05) is 38.6 Å². The van der Waals surface area contributed by atoms with Crippen molar-refractivity contribution in [2.24, 2.45) is 0 Å². The predicted octanol–water partition coefficient (Wildman–Crippen LogP) is 1.09. The predicted molar refractivity (Wildman–Crippen MR) is 73.8 cm³/mol. The molecular formula is C13H23N3O. The van der Waals surface area contributed by atoms with Crippen molar-refractivity contribution in [1.29, 1.82) is 0 Å². The zero-order valence-corrected chi connectivity index (χ0v) is 11.1. The average Bonchev–Trinajstić information content (AvgIpc) is 2.26. The Kier molecular flexibility index (Phi) is 5.25. The van der Waals surface area contributed by atoms with Crippen molar-refractivity contribution >= 4 is 11.4 Å². The summed E-state index contributed by atoms with van der Waals surface area (Å²) < 4.78 is 0. The highest BCUT2D eigenvalue weighted by Crippen LogP contribution is 2.17. The van der Waals surface area contributed by atoms with Gasteiger partial charge in [0.05, 0.1) is 6.10 Å². The van der Waals surface area contributed by atoms with Crippen LogP contribution >= 0.6 is 0 Å². The summed E-state index contributed by atoms with van der Waals surface area (Å²) in [6.07, 6.45) is -0.354. The lowest BCUT2D eigenvalue weighted by Crippen LogP contribution is -2.31. The number of nitrogens with one attached hydrogen (secondary N) is 1. The Morgan fingerprint density at radius 3 is 2.53 bits per heavy atom. The molecule has 2 N–H and O–H groups in total. The van der Waals surface area contributed by atoms with Gasteiger partial charge >= 0.3 is 0 Å². The number of rotatable bonds is 6. The fourth-order valence-corrected chi connectivity index (χ4v) is 1.62.